The molecule has 0 atom stereocenters. The first-order valence-electron chi connectivity index (χ1n) is 11.9. The van der Waals surface area contributed by atoms with Gasteiger partial charge in [0.2, 0.25) is 5.71 Å². The van der Waals surface area contributed by atoms with E-state index in [1.807, 2.05) is 30.6 Å². The summed E-state index contributed by atoms with van der Waals surface area (Å²) in [5.74, 6) is 0. The molecule has 0 N–H and O–H groups in total. The molecule has 0 aliphatic rings. The van der Waals surface area contributed by atoms with Crippen LogP contribution in [-0.4, -0.2) is 9.97 Å². The fraction of sp³-hybridized carbons (Fsp3) is 0.125. The number of pyridine rings is 2. The van der Waals surface area contributed by atoms with Crippen LogP contribution in [0.2, 0.25) is 0 Å². The lowest BCUT2D eigenvalue weighted by molar-refractivity contribution is 0.637. The Morgan fingerprint density at radius 1 is 0.714 bits per heavy atom. The lowest BCUT2D eigenvalue weighted by Crippen LogP contribution is -2.21. The van der Waals surface area contributed by atoms with Gasteiger partial charge in [0.1, 0.15) is 5.58 Å². The van der Waals surface area contributed by atoms with Crippen LogP contribution in [0, 0.1) is 6.92 Å². The molecule has 35 heavy (non-hydrogen) atoms. The van der Waals surface area contributed by atoms with Crippen LogP contribution in [0.1, 0.15) is 30.5 Å². The Bertz CT molecular complexity index is 1660. The first-order valence-corrected chi connectivity index (χ1v) is 11.9. The predicted octanol–water partition coefficient (Wildman–Crippen LogP) is 8.34. The number of aromatic nitrogens is 2. The molecule has 3 aromatic carbocycles. The van der Waals surface area contributed by atoms with Gasteiger partial charge < -0.3 is 4.42 Å². The first kappa shape index (κ1) is 21.3. The topological polar surface area (TPSA) is 38.9 Å². The molecule has 0 aliphatic heterocycles. The number of benzene rings is 3. The van der Waals surface area contributed by atoms with Crippen molar-refractivity contribution in [2.24, 2.45) is 0 Å². The first-order chi connectivity index (χ1) is 17.0. The Morgan fingerprint density at radius 2 is 1.40 bits per heavy atom. The third-order valence-electron chi connectivity index (χ3n) is 6.99. The summed E-state index contributed by atoms with van der Waals surface area (Å²) in [5, 5.41) is 2.13. The van der Waals surface area contributed by atoms with Crippen LogP contribution in [0.3, 0.4) is 0 Å². The van der Waals surface area contributed by atoms with Crippen LogP contribution >= 0.6 is 0 Å². The Balaban J connectivity index is 1.69. The average molecular weight is 455 g/mol. The highest BCUT2D eigenvalue weighted by atomic mass is 16.3. The third-order valence-corrected chi connectivity index (χ3v) is 6.99. The minimum atomic E-state index is -0.316. The van der Waals surface area contributed by atoms with Crippen LogP contribution < -0.4 is 0 Å². The van der Waals surface area contributed by atoms with Gasteiger partial charge in [-0.25, -0.2) is 4.98 Å². The van der Waals surface area contributed by atoms with Gasteiger partial charge in [-0.3, -0.25) is 4.98 Å². The molecule has 3 nitrogen and oxygen atoms in total. The summed E-state index contributed by atoms with van der Waals surface area (Å²) in [5.41, 5.74) is 9.03. The largest absolute Gasteiger partial charge is 0.438 e. The molecule has 6 aromatic rings. The van der Waals surface area contributed by atoms with Crippen LogP contribution in [0.5, 0.6) is 0 Å². The summed E-state index contributed by atoms with van der Waals surface area (Å²) < 4.78 is 6.20. The molecule has 3 aromatic heterocycles. The Hall–Kier alpha value is -4.24. The standard InChI is InChI=1S/C32H26N2O/c1-21-19-33-27(18-25(21)22-12-6-4-7-13-22)26-20-34-31-29(24-16-10-11-17-28(24)35-31)30(26)32(2,3)23-14-8-5-9-15-23/h4-20H,1-3H3. The highest BCUT2D eigenvalue weighted by Crippen LogP contribution is 2.44. The lowest BCUT2D eigenvalue weighted by atomic mass is 9.74. The second-order valence-electron chi connectivity index (χ2n) is 9.57. The smallest absolute Gasteiger partial charge is 0.227 e. The molecule has 170 valence electrons. The number of aryl methyl sites for hydroxylation is 1. The Morgan fingerprint density at radius 3 is 2.17 bits per heavy atom. The zero-order valence-corrected chi connectivity index (χ0v) is 20.1. The lowest BCUT2D eigenvalue weighted by Gasteiger charge is -2.29. The van der Waals surface area contributed by atoms with E-state index in [1.54, 1.807) is 0 Å². The number of fused-ring (bicyclic) bond motifs is 3. The zero-order chi connectivity index (χ0) is 24.0. The maximum Gasteiger partial charge on any atom is 0.227 e. The highest BCUT2D eigenvalue weighted by Gasteiger charge is 2.31. The summed E-state index contributed by atoms with van der Waals surface area (Å²) in [6, 6.07) is 31.5. The van der Waals surface area contributed by atoms with Crippen LogP contribution in [-0.2, 0) is 5.41 Å². The Labute approximate surface area is 205 Å². The molecule has 0 fully saturated rings. The molecule has 0 unspecified atom stereocenters. The summed E-state index contributed by atoms with van der Waals surface area (Å²) in [7, 11) is 0. The monoisotopic (exact) mass is 454 g/mol. The van der Waals surface area contributed by atoms with Crippen LogP contribution in [0.4, 0.5) is 0 Å². The van der Waals surface area contributed by atoms with Gasteiger partial charge in [-0.1, -0.05) is 92.7 Å². The van der Waals surface area contributed by atoms with Crippen molar-refractivity contribution in [2.75, 3.05) is 0 Å². The van der Waals surface area contributed by atoms with Crippen molar-refractivity contribution in [3.8, 4) is 22.4 Å². The van der Waals surface area contributed by atoms with Gasteiger partial charge in [-0.2, -0.15) is 0 Å². The van der Waals surface area contributed by atoms with E-state index in [1.165, 1.54) is 22.3 Å². The van der Waals surface area contributed by atoms with E-state index in [-0.39, 0.29) is 5.41 Å². The van der Waals surface area contributed by atoms with Crippen molar-refractivity contribution in [3.05, 3.63) is 120 Å². The van der Waals surface area contributed by atoms with Gasteiger partial charge in [0.15, 0.2) is 0 Å². The van der Waals surface area contributed by atoms with Crippen molar-refractivity contribution < 1.29 is 4.42 Å². The second-order valence-corrected chi connectivity index (χ2v) is 9.57. The van der Waals surface area contributed by atoms with Crippen molar-refractivity contribution in [3.63, 3.8) is 0 Å². The number of para-hydroxylation sites is 1. The zero-order valence-electron chi connectivity index (χ0n) is 20.1. The molecule has 3 heteroatoms. The number of furan rings is 1. The van der Waals surface area contributed by atoms with E-state index in [2.05, 4.69) is 93.6 Å². The van der Waals surface area contributed by atoms with Gasteiger partial charge in [-0.05, 0) is 46.9 Å². The third kappa shape index (κ3) is 3.52. The maximum atomic E-state index is 6.20. The molecular formula is C32H26N2O. The summed E-state index contributed by atoms with van der Waals surface area (Å²) in [6.45, 7) is 6.66. The van der Waals surface area contributed by atoms with Crippen molar-refractivity contribution in [1.82, 2.24) is 9.97 Å². The van der Waals surface area contributed by atoms with E-state index in [9.17, 15) is 0 Å². The molecule has 0 saturated carbocycles. The summed E-state index contributed by atoms with van der Waals surface area (Å²) in [4.78, 5) is 9.68. The van der Waals surface area contributed by atoms with Crippen LogP contribution in [0.25, 0.3) is 44.5 Å². The van der Waals surface area contributed by atoms with Crippen LogP contribution in [0.15, 0.2) is 108 Å². The van der Waals surface area contributed by atoms with E-state index in [0.29, 0.717) is 5.71 Å². The SMILES string of the molecule is Cc1cnc(-c2cnc3oc4ccccc4c3c2C(C)(C)c2ccccc2)cc1-c1ccccc1. The minimum absolute atomic E-state index is 0.316. The summed E-state index contributed by atoms with van der Waals surface area (Å²) >= 11 is 0. The molecule has 0 spiro atoms. The molecule has 0 bridgehead atoms. The van der Waals surface area contributed by atoms with Gasteiger partial charge in [0, 0.05) is 28.8 Å². The molecule has 6 rings (SSSR count). The molecule has 0 saturated heterocycles. The molecular weight excluding hydrogens is 428 g/mol. The molecule has 0 radical (unpaired) electrons. The van der Waals surface area contributed by atoms with Crippen molar-refractivity contribution >= 4 is 22.1 Å². The van der Waals surface area contributed by atoms with E-state index in [0.717, 1.165) is 33.2 Å². The van der Waals surface area contributed by atoms with Crippen molar-refractivity contribution in [2.45, 2.75) is 26.2 Å². The maximum absolute atomic E-state index is 6.20. The second kappa shape index (κ2) is 8.21. The number of rotatable bonds is 4. The average Bonchev–Trinajstić information content (AvgIpc) is 3.28. The van der Waals surface area contributed by atoms with Gasteiger partial charge in [0.25, 0.3) is 0 Å². The molecule has 3 heterocycles. The van der Waals surface area contributed by atoms with E-state index in [4.69, 9.17) is 14.4 Å². The molecule has 0 amide bonds. The van der Waals surface area contributed by atoms with Crippen molar-refractivity contribution in [1.29, 1.82) is 0 Å². The Kier molecular flexibility index (Phi) is 5.00. The number of hydrogen-bond acceptors (Lipinski definition) is 3. The quantitative estimate of drug-likeness (QED) is 0.269. The van der Waals surface area contributed by atoms with Gasteiger partial charge in [0.05, 0.1) is 11.1 Å². The molecule has 0 aliphatic carbocycles. The number of hydrogen-bond donors (Lipinski definition) is 0. The van der Waals surface area contributed by atoms with Gasteiger partial charge >= 0.3 is 0 Å². The number of nitrogens with zero attached hydrogens (tertiary/aromatic N) is 2. The minimum Gasteiger partial charge on any atom is -0.438 e. The normalized spacial score (nSPS) is 11.9. The highest BCUT2D eigenvalue weighted by molar-refractivity contribution is 6.08. The van der Waals surface area contributed by atoms with Gasteiger partial charge in [-0.15, -0.1) is 0 Å². The predicted molar refractivity (Wildman–Crippen MR) is 143 cm³/mol. The summed E-state index contributed by atoms with van der Waals surface area (Å²) in [6.07, 6.45) is 3.89. The van der Waals surface area contributed by atoms with E-state index < -0.39 is 0 Å². The van der Waals surface area contributed by atoms with E-state index >= 15 is 0 Å². The fourth-order valence-corrected chi connectivity index (χ4v) is 5.13. The fourth-order valence-electron chi connectivity index (χ4n) is 5.13.